The molecule has 0 aliphatic heterocycles. The molecule has 0 fully saturated rings. The standard InChI is InChI=1S/C11H16O3S/c1-4-5-6-14-11(13)10-7(2)9(12)8(3)15-10/h12H,4-6H2,1-3H3. The molecule has 1 N–H and O–H groups in total. The van der Waals surface area contributed by atoms with Crippen molar-refractivity contribution in [1.29, 1.82) is 0 Å². The first kappa shape index (κ1) is 12.0. The zero-order valence-electron chi connectivity index (χ0n) is 9.29. The lowest BCUT2D eigenvalue weighted by atomic mass is 10.2. The number of ether oxygens (including phenoxy) is 1. The predicted octanol–water partition coefficient (Wildman–Crippen LogP) is 3.03. The van der Waals surface area contributed by atoms with E-state index < -0.39 is 0 Å². The quantitative estimate of drug-likeness (QED) is 0.636. The molecule has 0 aromatic carbocycles. The summed E-state index contributed by atoms with van der Waals surface area (Å²) in [4.78, 5) is 12.9. The first-order valence-corrected chi connectivity index (χ1v) is 5.85. The molecule has 0 radical (unpaired) electrons. The summed E-state index contributed by atoms with van der Waals surface area (Å²) in [7, 11) is 0. The molecule has 1 aromatic heterocycles. The minimum atomic E-state index is -0.325. The highest BCUT2D eigenvalue weighted by Gasteiger charge is 2.18. The summed E-state index contributed by atoms with van der Waals surface area (Å²) in [5, 5.41) is 9.55. The Morgan fingerprint density at radius 2 is 2.13 bits per heavy atom. The molecule has 1 heterocycles. The van der Waals surface area contributed by atoms with Crippen molar-refractivity contribution in [2.45, 2.75) is 33.6 Å². The van der Waals surface area contributed by atoms with Gasteiger partial charge in [-0.25, -0.2) is 4.79 Å². The molecule has 0 unspecified atom stereocenters. The Kier molecular flexibility index (Phi) is 4.15. The molecule has 0 aliphatic carbocycles. The van der Waals surface area contributed by atoms with Crippen LogP contribution in [0.3, 0.4) is 0 Å². The van der Waals surface area contributed by atoms with E-state index >= 15 is 0 Å². The molecule has 1 aromatic rings. The first-order valence-electron chi connectivity index (χ1n) is 5.04. The van der Waals surface area contributed by atoms with Gasteiger partial charge in [-0.1, -0.05) is 13.3 Å². The van der Waals surface area contributed by atoms with Crippen molar-refractivity contribution in [2.75, 3.05) is 6.61 Å². The summed E-state index contributed by atoms with van der Waals surface area (Å²) in [6.45, 7) is 6.01. The van der Waals surface area contributed by atoms with Crippen molar-refractivity contribution in [3.05, 3.63) is 15.3 Å². The Morgan fingerprint density at radius 1 is 1.47 bits per heavy atom. The number of hydrogen-bond acceptors (Lipinski definition) is 4. The Labute approximate surface area is 93.7 Å². The molecular weight excluding hydrogens is 212 g/mol. The molecule has 15 heavy (non-hydrogen) atoms. The van der Waals surface area contributed by atoms with Gasteiger partial charge >= 0.3 is 5.97 Å². The van der Waals surface area contributed by atoms with Gasteiger partial charge < -0.3 is 9.84 Å². The predicted molar refractivity (Wildman–Crippen MR) is 60.6 cm³/mol. The van der Waals surface area contributed by atoms with E-state index in [0.717, 1.165) is 17.7 Å². The van der Waals surface area contributed by atoms with E-state index in [1.807, 2.05) is 6.92 Å². The van der Waals surface area contributed by atoms with E-state index in [9.17, 15) is 9.90 Å². The van der Waals surface area contributed by atoms with Gasteiger partial charge in [0.25, 0.3) is 0 Å². The molecule has 0 saturated carbocycles. The molecule has 0 aliphatic rings. The van der Waals surface area contributed by atoms with Crippen molar-refractivity contribution in [1.82, 2.24) is 0 Å². The number of unbranched alkanes of at least 4 members (excludes halogenated alkanes) is 1. The average molecular weight is 228 g/mol. The van der Waals surface area contributed by atoms with E-state index in [4.69, 9.17) is 4.74 Å². The second kappa shape index (κ2) is 5.16. The van der Waals surface area contributed by atoms with Crippen LogP contribution in [0.1, 0.15) is 39.9 Å². The lowest BCUT2D eigenvalue weighted by Crippen LogP contribution is -2.05. The lowest BCUT2D eigenvalue weighted by Gasteiger charge is -2.02. The van der Waals surface area contributed by atoms with Gasteiger partial charge in [0.05, 0.1) is 6.61 Å². The molecule has 0 spiro atoms. The molecule has 84 valence electrons. The maximum absolute atomic E-state index is 11.6. The Hall–Kier alpha value is -1.03. The third-order valence-corrected chi connectivity index (χ3v) is 3.38. The minimum absolute atomic E-state index is 0.211. The van der Waals surface area contributed by atoms with Crippen LogP contribution in [-0.4, -0.2) is 17.7 Å². The molecule has 0 bridgehead atoms. The van der Waals surface area contributed by atoms with Crippen LogP contribution in [0, 0.1) is 13.8 Å². The topological polar surface area (TPSA) is 46.5 Å². The highest BCUT2D eigenvalue weighted by atomic mass is 32.1. The van der Waals surface area contributed by atoms with E-state index in [-0.39, 0.29) is 11.7 Å². The number of aromatic hydroxyl groups is 1. The summed E-state index contributed by atoms with van der Waals surface area (Å²) >= 11 is 1.28. The summed E-state index contributed by atoms with van der Waals surface area (Å²) in [6.07, 6.45) is 1.88. The van der Waals surface area contributed by atoms with Crippen LogP contribution in [0.5, 0.6) is 5.75 Å². The minimum Gasteiger partial charge on any atom is -0.506 e. The van der Waals surface area contributed by atoms with Crippen molar-refractivity contribution >= 4 is 17.3 Å². The number of hydrogen-bond donors (Lipinski definition) is 1. The van der Waals surface area contributed by atoms with Crippen molar-refractivity contribution in [3.63, 3.8) is 0 Å². The Balaban J connectivity index is 2.70. The zero-order valence-corrected chi connectivity index (χ0v) is 10.1. The summed E-state index contributed by atoms with van der Waals surface area (Å²) in [5.74, 6) is -0.114. The van der Waals surface area contributed by atoms with Crippen molar-refractivity contribution in [2.24, 2.45) is 0 Å². The van der Waals surface area contributed by atoms with Crippen LogP contribution in [0.25, 0.3) is 0 Å². The summed E-state index contributed by atoms with van der Waals surface area (Å²) in [6, 6.07) is 0. The van der Waals surface area contributed by atoms with Crippen LogP contribution in [0.15, 0.2) is 0 Å². The van der Waals surface area contributed by atoms with Crippen LogP contribution < -0.4 is 0 Å². The van der Waals surface area contributed by atoms with E-state index in [1.165, 1.54) is 11.3 Å². The molecule has 0 amide bonds. The summed E-state index contributed by atoms with van der Waals surface area (Å²) < 4.78 is 5.08. The number of thiophene rings is 1. The number of carbonyl (C=O) groups excluding carboxylic acids is 1. The van der Waals surface area contributed by atoms with Crippen LogP contribution in [-0.2, 0) is 4.74 Å². The van der Waals surface area contributed by atoms with E-state index in [2.05, 4.69) is 0 Å². The number of esters is 1. The monoisotopic (exact) mass is 228 g/mol. The lowest BCUT2D eigenvalue weighted by molar-refractivity contribution is 0.0504. The molecular formula is C11H16O3S. The van der Waals surface area contributed by atoms with Gasteiger partial charge in [-0.15, -0.1) is 11.3 Å². The molecule has 1 rings (SSSR count). The zero-order chi connectivity index (χ0) is 11.4. The second-order valence-corrected chi connectivity index (χ2v) is 4.68. The molecule has 3 nitrogen and oxygen atoms in total. The fourth-order valence-electron chi connectivity index (χ4n) is 1.22. The normalized spacial score (nSPS) is 10.3. The van der Waals surface area contributed by atoms with Gasteiger partial charge in [0.1, 0.15) is 10.6 Å². The third-order valence-electron chi connectivity index (χ3n) is 2.20. The van der Waals surface area contributed by atoms with E-state index in [1.54, 1.807) is 13.8 Å². The van der Waals surface area contributed by atoms with Crippen LogP contribution in [0.4, 0.5) is 0 Å². The first-order chi connectivity index (χ1) is 7.07. The van der Waals surface area contributed by atoms with Crippen molar-refractivity contribution in [3.8, 4) is 5.75 Å². The van der Waals surface area contributed by atoms with Crippen LogP contribution in [0.2, 0.25) is 0 Å². The molecule has 4 heteroatoms. The smallest absolute Gasteiger partial charge is 0.348 e. The molecule has 0 atom stereocenters. The maximum Gasteiger partial charge on any atom is 0.348 e. The van der Waals surface area contributed by atoms with Gasteiger partial charge in [0.2, 0.25) is 0 Å². The van der Waals surface area contributed by atoms with Gasteiger partial charge in [-0.2, -0.15) is 0 Å². The second-order valence-electron chi connectivity index (χ2n) is 3.45. The average Bonchev–Trinajstić information content (AvgIpc) is 2.46. The van der Waals surface area contributed by atoms with Gasteiger partial charge in [-0.3, -0.25) is 0 Å². The number of carbonyl (C=O) groups is 1. The van der Waals surface area contributed by atoms with Gasteiger partial charge in [0, 0.05) is 10.4 Å². The fourth-order valence-corrected chi connectivity index (χ4v) is 2.17. The SMILES string of the molecule is CCCCOC(=O)c1sc(C)c(O)c1C. The Morgan fingerprint density at radius 3 is 2.60 bits per heavy atom. The van der Waals surface area contributed by atoms with E-state index in [0.29, 0.717) is 17.0 Å². The van der Waals surface area contributed by atoms with Gasteiger partial charge in [0.15, 0.2) is 0 Å². The maximum atomic E-state index is 11.6. The van der Waals surface area contributed by atoms with Crippen LogP contribution >= 0.6 is 11.3 Å². The summed E-state index contributed by atoms with van der Waals surface area (Å²) in [5.41, 5.74) is 0.624. The third kappa shape index (κ3) is 2.72. The number of aryl methyl sites for hydroxylation is 1. The largest absolute Gasteiger partial charge is 0.506 e. The molecule has 0 saturated heterocycles. The Bertz CT molecular complexity index is 355. The van der Waals surface area contributed by atoms with Gasteiger partial charge in [-0.05, 0) is 20.3 Å². The highest BCUT2D eigenvalue weighted by molar-refractivity contribution is 7.14. The number of rotatable bonds is 4. The highest BCUT2D eigenvalue weighted by Crippen LogP contribution is 2.33. The fraction of sp³-hybridized carbons (Fsp3) is 0.545. The van der Waals surface area contributed by atoms with Crippen molar-refractivity contribution < 1.29 is 14.6 Å².